The van der Waals surface area contributed by atoms with Gasteiger partial charge in [0, 0.05) is 30.7 Å². The van der Waals surface area contributed by atoms with Gasteiger partial charge in [-0.15, -0.1) is 0 Å². The lowest BCUT2D eigenvalue weighted by Gasteiger charge is -2.35. The summed E-state index contributed by atoms with van der Waals surface area (Å²) in [6.45, 7) is 8.42. The fraction of sp³-hybridized carbons (Fsp3) is 0.548. The Kier molecular flexibility index (Phi) is 11.5. The zero-order valence-corrected chi connectivity index (χ0v) is 23.4. The van der Waals surface area contributed by atoms with E-state index in [1.165, 1.54) is 0 Å². The molecule has 7 nitrogen and oxygen atoms in total. The quantitative estimate of drug-likeness (QED) is 0.155. The lowest BCUT2D eigenvalue weighted by atomic mass is 9.89. The molecule has 0 aromatic heterocycles. The standard InChI is InChI=1S/C31H46N4O3/c1-4-6-19-31(3,20-7-5-2)33-30(32)35(24-36)22-18-25-17-21-34(23-25)29(37)26-13-15-28(16-14-26)38-27-11-9-8-10-12-27/h8-16,25,36H,4-7,17-24H2,1-3H3,(H2,32,33). The van der Waals surface area contributed by atoms with Crippen LogP contribution in [0.3, 0.4) is 0 Å². The molecule has 1 heterocycles. The molecule has 0 aliphatic carbocycles. The van der Waals surface area contributed by atoms with Crippen LogP contribution in [-0.4, -0.2) is 58.7 Å². The van der Waals surface area contributed by atoms with Crippen LogP contribution in [0.2, 0.25) is 0 Å². The van der Waals surface area contributed by atoms with Crippen LogP contribution in [0.1, 0.15) is 82.5 Å². The first-order chi connectivity index (χ1) is 18.4. The van der Waals surface area contributed by atoms with Crippen molar-refractivity contribution in [1.82, 2.24) is 15.1 Å². The third-order valence-electron chi connectivity index (χ3n) is 7.53. The van der Waals surface area contributed by atoms with Gasteiger partial charge in [0.25, 0.3) is 5.91 Å². The average Bonchev–Trinajstić information content (AvgIpc) is 3.41. The van der Waals surface area contributed by atoms with Crippen LogP contribution in [0.4, 0.5) is 0 Å². The maximum atomic E-state index is 13.1. The van der Waals surface area contributed by atoms with Crippen molar-refractivity contribution in [2.45, 2.75) is 77.7 Å². The Morgan fingerprint density at radius 3 is 2.32 bits per heavy atom. The molecule has 2 aromatic rings. The normalized spacial score (nSPS) is 15.4. The summed E-state index contributed by atoms with van der Waals surface area (Å²) in [5, 5.41) is 22.1. The summed E-state index contributed by atoms with van der Waals surface area (Å²) in [5.74, 6) is 2.15. The van der Waals surface area contributed by atoms with E-state index < -0.39 is 0 Å². The number of nitrogens with zero attached hydrogens (tertiary/aromatic N) is 2. The summed E-state index contributed by atoms with van der Waals surface area (Å²) in [4.78, 5) is 16.7. The number of aliphatic hydroxyl groups is 1. The average molecular weight is 523 g/mol. The minimum atomic E-state index is -0.184. The molecule has 1 unspecified atom stereocenters. The van der Waals surface area contributed by atoms with Gasteiger partial charge in [-0.1, -0.05) is 57.7 Å². The molecule has 1 amide bonds. The van der Waals surface area contributed by atoms with Gasteiger partial charge in [0.2, 0.25) is 0 Å². The number of nitrogens with one attached hydrogen (secondary N) is 2. The van der Waals surface area contributed by atoms with Gasteiger partial charge in [0.15, 0.2) is 5.96 Å². The lowest BCUT2D eigenvalue weighted by Crippen LogP contribution is -2.52. The topological polar surface area (TPSA) is 88.9 Å². The highest BCUT2D eigenvalue weighted by molar-refractivity contribution is 5.94. The van der Waals surface area contributed by atoms with Gasteiger partial charge in [-0.2, -0.15) is 0 Å². The van der Waals surface area contributed by atoms with Crippen molar-refractivity contribution in [3.63, 3.8) is 0 Å². The molecule has 0 spiro atoms. The molecule has 38 heavy (non-hydrogen) atoms. The summed E-state index contributed by atoms with van der Waals surface area (Å²) >= 11 is 0. The van der Waals surface area contributed by atoms with Crippen molar-refractivity contribution in [2.75, 3.05) is 26.4 Å². The first-order valence-corrected chi connectivity index (χ1v) is 14.2. The maximum Gasteiger partial charge on any atom is 0.253 e. The number of carbonyl (C=O) groups excluding carboxylic acids is 1. The fourth-order valence-electron chi connectivity index (χ4n) is 5.07. The molecular weight excluding hydrogens is 476 g/mol. The smallest absolute Gasteiger partial charge is 0.253 e. The third-order valence-corrected chi connectivity index (χ3v) is 7.53. The van der Waals surface area contributed by atoms with Crippen molar-refractivity contribution in [1.29, 1.82) is 5.41 Å². The Labute approximate surface area is 228 Å². The second-order valence-corrected chi connectivity index (χ2v) is 10.8. The van der Waals surface area contributed by atoms with Crippen LogP contribution in [-0.2, 0) is 0 Å². The number of unbranched alkanes of at least 4 members (excludes halogenated alkanes) is 2. The number of para-hydroxylation sites is 1. The molecule has 0 bridgehead atoms. The number of hydrogen-bond acceptors (Lipinski definition) is 4. The summed E-state index contributed by atoms with van der Waals surface area (Å²) in [6.07, 6.45) is 8.30. The van der Waals surface area contributed by atoms with E-state index in [2.05, 4.69) is 26.1 Å². The molecule has 1 aliphatic heterocycles. The van der Waals surface area contributed by atoms with Gasteiger partial charge in [-0.3, -0.25) is 10.2 Å². The first kappa shape index (κ1) is 29.5. The van der Waals surface area contributed by atoms with Crippen LogP contribution >= 0.6 is 0 Å². The minimum absolute atomic E-state index is 0.0369. The Hall–Kier alpha value is -3.06. The highest BCUT2D eigenvalue weighted by atomic mass is 16.5. The molecule has 0 saturated carbocycles. The van der Waals surface area contributed by atoms with E-state index >= 15 is 0 Å². The number of benzene rings is 2. The van der Waals surface area contributed by atoms with Gasteiger partial charge in [0.05, 0.1) is 0 Å². The van der Waals surface area contributed by atoms with Crippen molar-refractivity contribution >= 4 is 11.9 Å². The van der Waals surface area contributed by atoms with Gasteiger partial charge < -0.3 is 25.0 Å². The number of guanidine groups is 1. The number of carbonyl (C=O) groups is 1. The monoisotopic (exact) mass is 522 g/mol. The molecule has 1 saturated heterocycles. The molecule has 1 fully saturated rings. The number of rotatable bonds is 14. The second-order valence-electron chi connectivity index (χ2n) is 10.8. The highest BCUT2D eigenvalue weighted by Gasteiger charge is 2.29. The van der Waals surface area contributed by atoms with Crippen LogP contribution in [0.25, 0.3) is 0 Å². The number of hydrogen-bond donors (Lipinski definition) is 3. The van der Waals surface area contributed by atoms with E-state index in [1.54, 1.807) is 4.90 Å². The number of likely N-dealkylation sites (tertiary alicyclic amines) is 1. The Morgan fingerprint density at radius 2 is 1.71 bits per heavy atom. The zero-order chi connectivity index (χ0) is 27.4. The largest absolute Gasteiger partial charge is 0.457 e. The predicted molar refractivity (Wildman–Crippen MR) is 154 cm³/mol. The van der Waals surface area contributed by atoms with Crippen molar-refractivity contribution in [3.05, 3.63) is 60.2 Å². The van der Waals surface area contributed by atoms with Gasteiger partial charge in [-0.25, -0.2) is 0 Å². The third kappa shape index (κ3) is 8.76. The minimum Gasteiger partial charge on any atom is -0.457 e. The van der Waals surface area contributed by atoms with Gasteiger partial charge in [-0.05, 0) is 74.9 Å². The number of ether oxygens (including phenoxy) is 1. The van der Waals surface area contributed by atoms with Crippen molar-refractivity contribution < 1.29 is 14.6 Å². The van der Waals surface area contributed by atoms with E-state index in [9.17, 15) is 9.90 Å². The van der Waals surface area contributed by atoms with Gasteiger partial charge in [0.1, 0.15) is 18.2 Å². The highest BCUT2D eigenvalue weighted by Crippen LogP contribution is 2.25. The number of aliphatic hydroxyl groups excluding tert-OH is 1. The summed E-state index contributed by atoms with van der Waals surface area (Å²) in [5.41, 5.74) is 0.530. The van der Waals surface area contributed by atoms with E-state index in [-0.39, 0.29) is 18.2 Å². The Balaban J connectivity index is 1.48. The molecule has 208 valence electrons. The molecule has 1 aliphatic rings. The molecule has 1 atom stereocenters. The first-order valence-electron chi connectivity index (χ1n) is 14.2. The molecular formula is C31H46N4O3. The Bertz CT molecular complexity index is 988. The van der Waals surface area contributed by atoms with Crippen LogP contribution in [0, 0.1) is 11.3 Å². The van der Waals surface area contributed by atoms with Crippen LogP contribution < -0.4 is 10.1 Å². The second kappa shape index (κ2) is 14.8. The summed E-state index contributed by atoms with van der Waals surface area (Å²) in [7, 11) is 0. The molecule has 2 aromatic carbocycles. The van der Waals surface area contributed by atoms with Crippen LogP contribution in [0.5, 0.6) is 11.5 Å². The van der Waals surface area contributed by atoms with E-state index in [1.807, 2.05) is 59.5 Å². The fourth-order valence-corrected chi connectivity index (χ4v) is 5.07. The van der Waals surface area contributed by atoms with E-state index in [0.29, 0.717) is 36.3 Å². The van der Waals surface area contributed by atoms with Gasteiger partial charge >= 0.3 is 0 Å². The molecule has 0 radical (unpaired) electrons. The predicted octanol–water partition coefficient (Wildman–Crippen LogP) is 6.25. The zero-order valence-electron chi connectivity index (χ0n) is 23.4. The van der Waals surface area contributed by atoms with E-state index in [0.717, 1.165) is 63.7 Å². The molecule has 7 heteroatoms. The Morgan fingerprint density at radius 1 is 1.08 bits per heavy atom. The summed E-state index contributed by atoms with van der Waals surface area (Å²) < 4.78 is 5.84. The van der Waals surface area contributed by atoms with Crippen molar-refractivity contribution in [3.8, 4) is 11.5 Å². The summed E-state index contributed by atoms with van der Waals surface area (Å²) in [6, 6.07) is 16.9. The van der Waals surface area contributed by atoms with E-state index in [4.69, 9.17) is 10.1 Å². The SMILES string of the molecule is CCCCC(C)(CCCC)NC(=N)N(CO)CCC1CCN(C(=O)c2ccc(Oc3ccccc3)cc2)C1. The lowest BCUT2D eigenvalue weighted by molar-refractivity contribution is 0.0784. The molecule has 3 N–H and O–H groups in total. The van der Waals surface area contributed by atoms with Crippen LogP contribution in [0.15, 0.2) is 54.6 Å². The molecule has 3 rings (SSSR count). The van der Waals surface area contributed by atoms with Crippen molar-refractivity contribution in [2.24, 2.45) is 5.92 Å². The maximum absolute atomic E-state index is 13.1. The number of amides is 1.